The summed E-state index contributed by atoms with van der Waals surface area (Å²) in [4.78, 5) is 0. The molecule has 4 aliphatic carbocycles. The number of aliphatic hydroxyl groups is 2. The summed E-state index contributed by atoms with van der Waals surface area (Å²) < 4.78 is 12.2. The Morgan fingerprint density at radius 2 is 1.86 bits per heavy atom. The molecule has 5 rings (SSSR count). The Labute approximate surface area is 175 Å². The van der Waals surface area contributed by atoms with E-state index in [2.05, 4.69) is 38.7 Å². The zero-order chi connectivity index (χ0) is 20.5. The molecule has 160 valence electrons. The van der Waals surface area contributed by atoms with E-state index in [-0.39, 0.29) is 23.2 Å². The van der Waals surface area contributed by atoms with Crippen molar-refractivity contribution in [3.63, 3.8) is 0 Å². The van der Waals surface area contributed by atoms with E-state index in [0.29, 0.717) is 23.7 Å². The van der Waals surface area contributed by atoms with E-state index in [1.165, 1.54) is 0 Å². The minimum atomic E-state index is -0.954. The summed E-state index contributed by atoms with van der Waals surface area (Å²) in [6.45, 7) is 8.41. The molecule has 1 spiro atoms. The predicted molar refractivity (Wildman–Crippen MR) is 111 cm³/mol. The Kier molecular flexibility index (Phi) is 4.54. The maximum atomic E-state index is 11.4. The van der Waals surface area contributed by atoms with Gasteiger partial charge in [-0.2, -0.15) is 0 Å². The van der Waals surface area contributed by atoms with E-state index in [1.54, 1.807) is 5.57 Å². The fourth-order valence-electron chi connectivity index (χ4n) is 8.21. The van der Waals surface area contributed by atoms with Crippen molar-refractivity contribution in [3.8, 4) is 11.8 Å². The van der Waals surface area contributed by atoms with Crippen LogP contribution in [0.15, 0.2) is 11.6 Å². The molecule has 0 aromatic carbocycles. The van der Waals surface area contributed by atoms with E-state index in [4.69, 9.17) is 9.47 Å². The van der Waals surface area contributed by atoms with Gasteiger partial charge in [-0.15, -0.1) is 0 Å². The van der Waals surface area contributed by atoms with Gasteiger partial charge < -0.3 is 19.7 Å². The Hall–Kier alpha value is -0.860. The lowest BCUT2D eigenvalue weighted by molar-refractivity contribution is -0.201. The number of ether oxygens (including phenoxy) is 2. The molecule has 0 amide bonds. The van der Waals surface area contributed by atoms with Crippen LogP contribution < -0.4 is 0 Å². The summed E-state index contributed by atoms with van der Waals surface area (Å²) in [5, 5.41) is 20.6. The van der Waals surface area contributed by atoms with E-state index >= 15 is 0 Å². The van der Waals surface area contributed by atoms with Crippen LogP contribution in [0, 0.1) is 46.3 Å². The third-order valence-corrected chi connectivity index (χ3v) is 9.98. The van der Waals surface area contributed by atoms with Gasteiger partial charge in [0.2, 0.25) is 0 Å². The average Bonchev–Trinajstić information content (AvgIpc) is 3.24. The average molecular weight is 401 g/mol. The van der Waals surface area contributed by atoms with Crippen molar-refractivity contribution in [2.24, 2.45) is 34.5 Å². The smallest absolute Gasteiger partial charge is 0.172 e. The summed E-state index contributed by atoms with van der Waals surface area (Å²) in [5.41, 5.74) is 0.623. The molecular weight excluding hydrogens is 364 g/mol. The number of hydrogen-bond donors (Lipinski definition) is 2. The first-order valence-corrected chi connectivity index (χ1v) is 11.6. The van der Waals surface area contributed by atoms with Gasteiger partial charge in [0.15, 0.2) is 5.79 Å². The minimum Gasteiger partial charge on any atom is -0.384 e. The third kappa shape index (κ3) is 2.61. The van der Waals surface area contributed by atoms with Gasteiger partial charge in [0.25, 0.3) is 0 Å². The molecule has 4 nitrogen and oxygen atoms in total. The minimum absolute atomic E-state index is 0.172. The molecule has 4 fully saturated rings. The van der Waals surface area contributed by atoms with Crippen LogP contribution >= 0.6 is 0 Å². The number of hydrogen-bond acceptors (Lipinski definition) is 4. The number of aliphatic hydroxyl groups excluding tert-OH is 1. The molecule has 0 aromatic heterocycles. The SMILES string of the molecule is C[C@H]1CC2(CC3=CC[C@@H]4[C@H](CC[C@@]5(C)[C@H]4CC[C@@]5(O)C#CCO)[C@]31C)OCCO2. The lowest BCUT2D eigenvalue weighted by Gasteiger charge is -2.61. The molecule has 1 heterocycles. The van der Waals surface area contributed by atoms with Crippen molar-refractivity contribution in [1.29, 1.82) is 0 Å². The van der Waals surface area contributed by atoms with Gasteiger partial charge in [0.1, 0.15) is 12.2 Å². The molecule has 2 N–H and O–H groups in total. The van der Waals surface area contributed by atoms with Crippen molar-refractivity contribution in [3.05, 3.63) is 11.6 Å². The van der Waals surface area contributed by atoms with E-state index in [1.807, 2.05) is 0 Å². The molecule has 29 heavy (non-hydrogen) atoms. The normalized spacial score (nSPS) is 50.2. The van der Waals surface area contributed by atoms with Crippen LogP contribution in [-0.2, 0) is 9.47 Å². The van der Waals surface area contributed by atoms with Crippen LogP contribution in [0.4, 0.5) is 0 Å². The maximum absolute atomic E-state index is 11.4. The van der Waals surface area contributed by atoms with Crippen molar-refractivity contribution in [1.82, 2.24) is 0 Å². The van der Waals surface area contributed by atoms with E-state index in [0.717, 1.165) is 58.2 Å². The summed E-state index contributed by atoms with van der Waals surface area (Å²) in [6.07, 6.45) is 9.45. The van der Waals surface area contributed by atoms with Gasteiger partial charge >= 0.3 is 0 Å². The van der Waals surface area contributed by atoms with E-state index in [9.17, 15) is 10.2 Å². The fourth-order valence-corrected chi connectivity index (χ4v) is 8.21. The molecule has 0 bridgehead atoms. The summed E-state index contributed by atoms with van der Waals surface area (Å²) in [7, 11) is 0. The van der Waals surface area contributed by atoms with Gasteiger partial charge in [-0.05, 0) is 61.2 Å². The van der Waals surface area contributed by atoms with Crippen molar-refractivity contribution >= 4 is 0 Å². The van der Waals surface area contributed by atoms with Crippen LogP contribution in [0.2, 0.25) is 0 Å². The first-order valence-electron chi connectivity index (χ1n) is 11.6. The molecule has 7 atom stereocenters. The van der Waals surface area contributed by atoms with Crippen molar-refractivity contribution in [2.45, 2.75) is 77.1 Å². The second-order valence-electron chi connectivity index (χ2n) is 10.8. The Balaban J connectivity index is 1.47. The molecule has 0 aromatic rings. The third-order valence-electron chi connectivity index (χ3n) is 9.98. The topological polar surface area (TPSA) is 58.9 Å². The molecule has 4 heteroatoms. The van der Waals surface area contributed by atoms with Crippen LogP contribution in [0.3, 0.4) is 0 Å². The molecule has 0 radical (unpaired) electrons. The molecule has 3 saturated carbocycles. The van der Waals surface area contributed by atoms with E-state index < -0.39 is 5.60 Å². The molecule has 5 aliphatic rings. The first-order chi connectivity index (χ1) is 13.8. The highest BCUT2D eigenvalue weighted by molar-refractivity contribution is 5.31. The van der Waals surface area contributed by atoms with Gasteiger partial charge in [-0.3, -0.25) is 0 Å². The second kappa shape index (κ2) is 6.57. The summed E-state index contributed by atoms with van der Waals surface area (Å²) >= 11 is 0. The Morgan fingerprint density at radius 3 is 2.59 bits per heavy atom. The lowest BCUT2D eigenvalue weighted by Crippen LogP contribution is -2.57. The first kappa shape index (κ1) is 20.1. The molecular formula is C25H36O4. The predicted octanol–water partition coefficient (Wildman–Crippen LogP) is 3.67. The highest BCUT2D eigenvalue weighted by Crippen LogP contribution is 2.68. The zero-order valence-electron chi connectivity index (χ0n) is 18.2. The lowest BCUT2D eigenvalue weighted by atomic mass is 9.45. The standard InChI is InChI=1S/C25H36O4/c1-17-15-25(28-13-14-29-25)16-18-5-6-19-20-8-11-24(27,9-4-12-26)22(20,2)10-7-21(19)23(17,18)3/h5,17,19-21,26-27H,6-8,10-16H2,1-3H3/t17-,19-,20-,21-,22-,23-,24-/m0/s1. The van der Waals surface area contributed by atoms with Gasteiger partial charge in [0, 0.05) is 18.3 Å². The van der Waals surface area contributed by atoms with Gasteiger partial charge in [0.05, 0.1) is 13.2 Å². The number of rotatable bonds is 0. The molecule has 0 unspecified atom stereocenters. The number of allylic oxidation sites excluding steroid dienone is 1. The number of fused-ring (bicyclic) bond motifs is 5. The highest BCUT2D eigenvalue weighted by atomic mass is 16.7. The zero-order valence-corrected chi connectivity index (χ0v) is 18.2. The Morgan fingerprint density at radius 1 is 1.14 bits per heavy atom. The molecule has 1 saturated heterocycles. The second-order valence-corrected chi connectivity index (χ2v) is 10.8. The highest BCUT2D eigenvalue weighted by Gasteiger charge is 2.65. The van der Waals surface area contributed by atoms with Crippen molar-refractivity contribution in [2.75, 3.05) is 19.8 Å². The van der Waals surface area contributed by atoms with Gasteiger partial charge in [-0.25, -0.2) is 0 Å². The quantitative estimate of drug-likeness (QED) is 0.481. The summed E-state index contributed by atoms with van der Waals surface area (Å²) in [6, 6.07) is 0. The Bertz CT molecular complexity index is 771. The van der Waals surface area contributed by atoms with Crippen LogP contribution in [0.1, 0.15) is 65.7 Å². The summed E-state index contributed by atoms with van der Waals surface area (Å²) in [5.74, 6) is 7.72. The van der Waals surface area contributed by atoms with Crippen LogP contribution in [0.5, 0.6) is 0 Å². The maximum Gasteiger partial charge on any atom is 0.172 e. The largest absolute Gasteiger partial charge is 0.384 e. The molecule has 1 aliphatic heterocycles. The fraction of sp³-hybridized carbons (Fsp3) is 0.840. The van der Waals surface area contributed by atoms with Gasteiger partial charge in [-0.1, -0.05) is 44.3 Å². The van der Waals surface area contributed by atoms with Crippen LogP contribution in [-0.4, -0.2) is 41.4 Å². The van der Waals surface area contributed by atoms with Crippen molar-refractivity contribution < 1.29 is 19.7 Å². The van der Waals surface area contributed by atoms with Crippen LogP contribution in [0.25, 0.3) is 0 Å². The monoisotopic (exact) mass is 400 g/mol.